The van der Waals surface area contributed by atoms with Crippen molar-refractivity contribution < 1.29 is 14.2 Å². The van der Waals surface area contributed by atoms with E-state index in [0.29, 0.717) is 26.4 Å². The van der Waals surface area contributed by atoms with Crippen molar-refractivity contribution in [2.75, 3.05) is 26.4 Å². The minimum Gasteiger partial charge on any atom is -0.490 e. The largest absolute Gasteiger partial charge is 0.490 e. The number of hydrogen-bond donors (Lipinski definition) is 0. The van der Waals surface area contributed by atoms with Crippen molar-refractivity contribution in [3.8, 4) is 11.5 Å². The fourth-order valence-electron chi connectivity index (χ4n) is 1.22. The van der Waals surface area contributed by atoms with E-state index in [1.807, 2.05) is 32.0 Å². The summed E-state index contributed by atoms with van der Waals surface area (Å²) >= 11 is 3.40. The van der Waals surface area contributed by atoms with Crippen LogP contribution in [0.1, 0.15) is 13.8 Å². The van der Waals surface area contributed by atoms with Gasteiger partial charge in [0.15, 0.2) is 11.5 Å². The lowest BCUT2D eigenvalue weighted by molar-refractivity contribution is 0.108. The Kier molecular flexibility index (Phi) is 6.26. The molecule has 0 aliphatic carbocycles. The molecule has 4 heteroatoms. The fraction of sp³-hybridized carbons (Fsp3) is 0.500. The van der Waals surface area contributed by atoms with Crippen molar-refractivity contribution in [1.82, 2.24) is 0 Å². The maximum atomic E-state index is 5.58. The van der Waals surface area contributed by atoms with Gasteiger partial charge in [0.05, 0.1) is 13.2 Å². The van der Waals surface area contributed by atoms with Crippen LogP contribution in [0.4, 0.5) is 0 Å². The van der Waals surface area contributed by atoms with E-state index in [4.69, 9.17) is 14.2 Å². The molecule has 0 saturated heterocycles. The van der Waals surface area contributed by atoms with E-state index in [2.05, 4.69) is 15.9 Å². The van der Waals surface area contributed by atoms with E-state index in [9.17, 15) is 0 Å². The van der Waals surface area contributed by atoms with E-state index in [1.54, 1.807) is 0 Å². The minimum atomic E-state index is 0.537. The first-order valence-electron chi connectivity index (χ1n) is 5.40. The molecular formula is C12H17BrO3. The van der Waals surface area contributed by atoms with E-state index in [1.165, 1.54) is 0 Å². The van der Waals surface area contributed by atoms with E-state index < -0.39 is 0 Å². The Morgan fingerprint density at radius 3 is 2.50 bits per heavy atom. The maximum Gasteiger partial charge on any atom is 0.162 e. The highest BCUT2D eigenvalue weighted by atomic mass is 79.9. The number of benzene rings is 1. The lowest BCUT2D eigenvalue weighted by Crippen LogP contribution is -2.07. The molecule has 1 rings (SSSR count). The second-order valence-corrected chi connectivity index (χ2v) is 3.99. The maximum absolute atomic E-state index is 5.58. The predicted octanol–water partition coefficient (Wildman–Crippen LogP) is 3.26. The predicted molar refractivity (Wildman–Crippen MR) is 67.3 cm³/mol. The first kappa shape index (κ1) is 13.3. The van der Waals surface area contributed by atoms with Crippen LogP contribution in [0.2, 0.25) is 0 Å². The van der Waals surface area contributed by atoms with Gasteiger partial charge >= 0.3 is 0 Å². The smallest absolute Gasteiger partial charge is 0.162 e. The molecule has 0 N–H and O–H groups in total. The molecule has 1 aromatic carbocycles. The number of ether oxygens (including phenoxy) is 3. The van der Waals surface area contributed by atoms with Gasteiger partial charge in [-0.15, -0.1) is 0 Å². The molecule has 0 spiro atoms. The van der Waals surface area contributed by atoms with Crippen LogP contribution in [0.3, 0.4) is 0 Å². The fourth-order valence-corrected chi connectivity index (χ4v) is 1.56. The molecule has 0 unspecified atom stereocenters. The lowest BCUT2D eigenvalue weighted by Gasteiger charge is -2.12. The molecule has 0 aliphatic heterocycles. The topological polar surface area (TPSA) is 27.7 Å². The molecule has 0 heterocycles. The Hall–Kier alpha value is -0.740. The molecule has 90 valence electrons. The van der Waals surface area contributed by atoms with Crippen LogP contribution in [-0.4, -0.2) is 26.4 Å². The van der Waals surface area contributed by atoms with Crippen LogP contribution < -0.4 is 9.47 Å². The first-order chi connectivity index (χ1) is 7.77. The molecule has 1 aromatic rings. The average Bonchev–Trinajstić information content (AvgIpc) is 2.27. The summed E-state index contributed by atoms with van der Waals surface area (Å²) in [7, 11) is 0. The zero-order chi connectivity index (χ0) is 11.8. The Morgan fingerprint density at radius 2 is 1.81 bits per heavy atom. The standard InChI is InChI=1S/C12H17BrO3/c1-3-14-7-8-16-11-6-5-10(13)9-12(11)15-4-2/h5-6,9H,3-4,7-8H2,1-2H3. The molecular weight excluding hydrogens is 272 g/mol. The van der Waals surface area contributed by atoms with Crippen LogP contribution in [0.25, 0.3) is 0 Å². The van der Waals surface area contributed by atoms with E-state index in [0.717, 1.165) is 16.0 Å². The van der Waals surface area contributed by atoms with Crippen LogP contribution in [0.15, 0.2) is 22.7 Å². The van der Waals surface area contributed by atoms with Gasteiger partial charge in [-0.3, -0.25) is 0 Å². The Bertz CT molecular complexity index is 315. The molecule has 0 aliphatic rings. The molecule has 0 aromatic heterocycles. The Labute approximate surface area is 105 Å². The molecule has 0 atom stereocenters. The molecule has 0 amide bonds. The summed E-state index contributed by atoms with van der Waals surface area (Å²) in [4.78, 5) is 0. The zero-order valence-corrected chi connectivity index (χ0v) is 11.2. The SMILES string of the molecule is CCOCCOc1ccc(Br)cc1OCC. The first-order valence-corrected chi connectivity index (χ1v) is 6.20. The Balaban J connectivity index is 2.56. The van der Waals surface area contributed by atoms with E-state index >= 15 is 0 Å². The normalized spacial score (nSPS) is 10.2. The third kappa shape index (κ3) is 4.41. The quantitative estimate of drug-likeness (QED) is 0.721. The van der Waals surface area contributed by atoms with Gasteiger partial charge < -0.3 is 14.2 Å². The van der Waals surface area contributed by atoms with Crippen molar-refractivity contribution in [3.63, 3.8) is 0 Å². The summed E-state index contributed by atoms with van der Waals surface area (Å²) in [6, 6.07) is 5.72. The summed E-state index contributed by atoms with van der Waals surface area (Å²) in [6.07, 6.45) is 0. The minimum absolute atomic E-state index is 0.537. The summed E-state index contributed by atoms with van der Waals surface area (Å²) in [5.41, 5.74) is 0. The van der Waals surface area contributed by atoms with Gasteiger partial charge in [0.2, 0.25) is 0 Å². The number of hydrogen-bond acceptors (Lipinski definition) is 3. The molecule has 0 saturated carbocycles. The van der Waals surface area contributed by atoms with Gasteiger partial charge in [0, 0.05) is 11.1 Å². The van der Waals surface area contributed by atoms with Gasteiger partial charge in [-0.05, 0) is 32.0 Å². The van der Waals surface area contributed by atoms with Crippen molar-refractivity contribution in [3.05, 3.63) is 22.7 Å². The second kappa shape index (κ2) is 7.52. The molecule has 3 nitrogen and oxygen atoms in total. The molecule has 0 fully saturated rings. The van der Waals surface area contributed by atoms with E-state index in [-0.39, 0.29) is 0 Å². The van der Waals surface area contributed by atoms with Crippen molar-refractivity contribution in [2.45, 2.75) is 13.8 Å². The van der Waals surface area contributed by atoms with Crippen LogP contribution in [0.5, 0.6) is 11.5 Å². The second-order valence-electron chi connectivity index (χ2n) is 3.07. The molecule has 16 heavy (non-hydrogen) atoms. The summed E-state index contributed by atoms with van der Waals surface area (Å²) in [6.45, 7) is 6.38. The molecule has 0 bridgehead atoms. The van der Waals surface area contributed by atoms with Gasteiger partial charge in [-0.1, -0.05) is 15.9 Å². The van der Waals surface area contributed by atoms with Gasteiger partial charge in [-0.2, -0.15) is 0 Å². The number of halogens is 1. The summed E-state index contributed by atoms with van der Waals surface area (Å²) in [5.74, 6) is 1.51. The molecule has 0 radical (unpaired) electrons. The van der Waals surface area contributed by atoms with Crippen LogP contribution in [-0.2, 0) is 4.74 Å². The summed E-state index contributed by atoms with van der Waals surface area (Å²) < 4.78 is 17.2. The summed E-state index contributed by atoms with van der Waals surface area (Å²) in [5, 5.41) is 0. The van der Waals surface area contributed by atoms with Crippen molar-refractivity contribution in [2.24, 2.45) is 0 Å². The third-order valence-corrected chi connectivity index (χ3v) is 2.39. The highest BCUT2D eigenvalue weighted by Crippen LogP contribution is 2.30. The van der Waals surface area contributed by atoms with Gasteiger partial charge in [-0.25, -0.2) is 0 Å². The van der Waals surface area contributed by atoms with Gasteiger partial charge in [0.1, 0.15) is 6.61 Å². The van der Waals surface area contributed by atoms with Crippen LogP contribution in [0, 0.1) is 0 Å². The zero-order valence-electron chi connectivity index (χ0n) is 9.66. The number of rotatable bonds is 7. The highest BCUT2D eigenvalue weighted by molar-refractivity contribution is 9.10. The lowest BCUT2D eigenvalue weighted by atomic mass is 10.3. The van der Waals surface area contributed by atoms with Crippen molar-refractivity contribution in [1.29, 1.82) is 0 Å². The van der Waals surface area contributed by atoms with Crippen molar-refractivity contribution >= 4 is 15.9 Å². The van der Waals surface area contributed by atoms with Crippen LogP contribution >= 0.6 is 15.9 Å². The Morgan fingerprint density at radius 1 is 1.00 bits per heavy atom. The average molecular weight is 289 g/mol. The third-order valence-electron chi connectivity index (χ3n) is 1.89. The monoisotopic (exact) mass is 288 g/mol. The van der Waals surface area contributed by atoms with Gasteiger partial charge in [0.25, 0.3) is 0 Å². The highest BCUT2D eigenvalue weighted by Gasteiger charge is 2.05.